The summed E-state index contributed by atoms with van der Waals surface area (Å²) in [7, 11) is -3.94. The smallest absolute Gasteiger partial charge is 0.278 e. The highest BCUT2D eigenvalue weighted by Crippen LogP contribution is 1.91. The predicted octanol–water partition coefficient (Wildman–Crippen LogP) is -0.854. The largest absolute Gasteiger partial charge is 0.395 e. The second-order valence-corrected chi connectivity index (χ2v) is 3.57. The van der Waals surface area contributed by atoms with Crippen molar-refractivity contribution in [2.45, 2.75) is 6.92 Å². The molecule has 11 heavy (non-hydrogen) atoms. The summed E-state index contributed by atoms with van der Waals surface area (Å²) in [5, 5.41) is 8.45. The molecular formula is C5H13NO4S. The van der Waals surface area contributed by atoms with E-state index in [0.29, 0.717) is 6.54 Å². The fourth-order valence-electron chi connectivity index (χ4n) is 0.686. The molecule has 0 fully saturated rings. The zero-order valence-corrected chi connectivity index (χ0v) is 7.21. The van der Waals surface area contributed by atoms with Gasteiger partial charge < -0.3 is 5.11 Å². The molecule has 6 heteroatoms. The second kappa shape index (κ2) is 4.66. The van der Waals surface area contributed by atoms with Crippen LogP contribution in [0.4, 0.5) is 0 Å². The fourth-order valence-corrected chi connectivity index (χ4v) is 1.46. The van der Waals surface area contributed by atoms with Crippen LogP contribution in [0, 0.1) is 0 Å². The van der Waals surface area contributed by atoms with Gasteiger partial charge in [-0.3, -0.25) is 9.45 Å². The van der Waals surface area contributed by atoms with E-state index in [0.717, 1.165) is 0 Å². The van der Waals surface area contributed by atoms with E-state index in [1.165, 1.54) is 4.90 Å². The third-order valence-corrected chi connectivity index (χ3v) is 1.90. The molecule has 0 atom stereocenters. The average Bonchev–Trinajstić information content (AvgIpc) is 1.84. The van der Waals surface area contributed by atoms with E-state index in [1.54, 1.807) is 6.92 Å². The van der Waals surface area contributed by atoms with Gasteiger partial charge in [-0.2, -0.15) is 8.42 Å². The third-order valence-electron chi connectivity index (χ3n) is 1.21. The molecule has 0 aliphatic rings. The van der Waals surface area contributed by atoms with Crippen LogP contribution in [-0.4, -0.2) is 48.6 Å². The molecule has 0 saturated carbocycles. The molecule has 0 bridgehead atoms. The van der Waals surface area contributed by atoms with E-state index in [9.17, 15) is 8.42 Å². The minimum Gasteiger partial charge on any atom is -0.395 e. The molecule has 0 radical (unpaired) electrons. The molecule has 2 N–H and O–H groups in total. The Hall–Kier alpha value is -0.170. The monoisotopic (exact) mass is 183 g/mol. The maximum atomic E-state index is 10.3. The van der Waals surface area contributed by atoms with Gasteiger partial charge in [-0.1, -0.05) is 6.92 Å². The van der Waals surface area contributed by atoms with Gasteiger partial charge >= 0.3 is 0 Å². The molecule has 0 aliphatic carbocycles. The molecule has 0 rings (SSSR count). The molecule has 68 valence electrons. The Labute approximate surface area is 66.4 Å². The summed E-state index contributed by atoms with van der Waals surface area (Å²) in [5.74, 6) is -0.413. The fraction of sp³-hybridized carbons (Fsp3) is 1.00. The predicted molar refractivity (Wildman–Crippen MR) is 40.7 cm³/mol. The molecule has 0 aliphatic heterocycles. The maximum Gasteiger partial charge on any atom is 0.278 e. The summed E-state index contributed by atoms with van der Waals surface area (Å²) < 4.78 is 29.0. The van der Waals surface area contributed by atoms with E-state index in [-0.39, 0.29) is 13.2 Å². The molecule has 0 aromatic rings. The van der Waals surface area contributed by atoms with Crippen molar-refractivity contribution in [3.8, 4) is 0 Å². The first-order valence-electron chi connectivity index (χ1n) is 3.28. The van der Waals surface area contributed by atoms with Gasteiger partial charge in [0.25, 0.3) is 10.1 Å². The summed E-state index contributed by atoms with van der Waals surface area (Å²) in [5.41, 5.74) is 0. The van der Waals surface area contributed by atoms with Crippen LogP contribution in [0.3, 0.4) is 0 Å². The number of aliphatic hydroxyl groups excluding tert-OH is 1. The maximum absolute atomic E-state index is 10.3. The van der Waals surface area contributed by atoms with Gasteiger partial charge in [0.2, 0.25) is 0 Å². The minimum atomic E-state index is -3.94. The van der Waals surface area contributed by atoms with E-state index in [4.69, 9.17) is 9.66 Å². The highest BCUT2D eigenvalue weighted by Gasteiger charge is 2.10. The SMILES string of the molecule is CCN(CCO)CS(=O)(=O)O. The molecule has 0 amide bonds. The van der Waals surface area contributed by atoms with E-state index in [1.807, 2.05) is 0 Å². The molecule has 0 spiro atoms. The van der Waals surface area contributed by atoms with Crippen LogP contribution >= 0.6 is 0 Å². The Bertz CT molecular complexity index is 189. The van der Waals surface area contributed by atoms with Crippen LogP contribution in [0.15, 0.2) is 0 Å². The number of nitrogens with zero attached hydrogens (tertiary/aromatic N) is 1. The van der Waals surface area contributed by atoms with Crippen LogP contribution in [0.1, 0.15) is 6.92 Å². The topological polar surface area (TPSA) is 77.8 Å². The Balaban J connectivity index is 3.88. The Kier molecular flexibility index (Phi) is 4.58. The van der Waals surface area contributed by atoms with Crippen LogP contribution in [-0.2, 0) is 10.1 Å². The van der Waals surface area contributed by atoms with Crippen LogP contribution in [0.2, 0.25) is 0 Å². The molecule has 5 nitrogen and oxygen atoms in total. The number of rotatable bonds is 5. The Morgan fingerprint density at radius 1 is 1.45 bits per heavy atom. The van der Waals surface area contributed by atoms with Crippen LogP contribution < -0.4 is 0 Å². The van der Waals surface area contributed by atoms with E-state index >= 15 is 0 Å². The lowest BCUT2D eigenvalue weighted by Crippen LogP contribution is -2.31. The van der Waals surface area contributed by atoms with Gasteiger partial charge in [-0.05, 0) is 6.54 Å². The number of hydrogen-bond donors (Lipinski definition) is 2. The van der Waals surface area contributed by atoms with Crippen molar-refractivity contribution >= 4 is 10.1 Å². The number of likely N-dealkylation sites (N-methyl/N-ethyl adjacent to an activating group) is 1. The lowest BCUT2D eigenvalue weighted by molar-refractivity contribution is 0.217. The van der Waals surface area contributed by atoms with Crippen molar-refractivity contribution in [2.24, 2.45) is 0 Å². The molecule has 0 unspecified atom stereocenters. The van der Waals surface area contributed by atoms with Gasteiger partial charge in [0.15, 0.2) is 0 Å². The third kappa shape index (κ3) is 6.24. The van der Waals surface area contributed by atoms with Crippen molar-refractivity contribution < 1.29 is 18.1 Å². The van der Waals surface area contributed by atoms with Crippen LogP contribution in [0.25, 0.3) is 0 Å². The summed E-state index contributed by atoms with van der Waals surface area (Å²) in [4.78, 5) is 1.43. The summed E-state index contributed by atoms with van der Waals surface area (Å²) in [6.07, 6.45) is 0. The Morgan fingerprint density at radius 3 is 2.27 bits per heavy atom. The van der Waals surface area contributed by atoms with Gasteiger partial charge in [0.05, 0.1) is 6.61 Å². The van der Waals surface area contributed by atoms with Gasteiger partial charge in [0, 0.05) is 6.54 Å². The van der Waals surface area contributed by atoms with Crippen molar-refractivity contribution in [2.75, 3.05) is 25.6 Å². The molecule has 0 aromatic heterocycles. The van der Waals surface area contributed by atoms with Gasteiger partial charge in [-0.15, -0.1) is 0 Å². The average molecular weight is 183 g/mol. The van der Waals surface area contributed by atoms with Crippen molar-refractivity contribution in [1.29, 1.82) is 0 Å². The van der Waals surface area contributed by atoms with E-state index < -0.39 is 16.0 Å². The molecular weight excluding hydrogens is 170 g/mol. The van der Waals surface area contributed by atoms with Crippen LogP contribution in [0.5, 0.6) is 0 Å². The number of hydrogen-bond acceptors (Lipinski definition) is 4. The van der Waals surface area contributed by atoms with Crippen molar-refractivity contribution in [3.05, 3.63) is 0 Å². The van der Waals surface area contributed by atoms with Gasteiger partial charge in [-0.25, -0.2) is 0 Å². The lowest BCUT2D eigenvalue weighted by Gasteiger charge is -2.16. The molecule has 0 aromatic carbocycles. The summed E-state index contributed by atoms with van der Waals surface area (Å²) in [6, 6.07) is 0. The van der Waals surface area contributed by atoms with Crippen molar-refractivity contribution in [3.63, 3.8) is 0 Å². The first-order chi connectivity index (χ1) is 4.99. The standard InChI is InChI=1S/C5H13NO4S/c1-2-6(3-4-7)5-11(8,9)10/h7H,2-5H2,1H3,(H,8,9,10). The van der Waals surface area contributed by atoms with Crippen molar-refractivity contribution in [1.82, 2.24) is 4.90 Å². The first kappa shape index (κ1) is 10.8. The quantitative estimate of drug-likeness (QED) is 0.543. The molecule has 0 saturated heterocycles. The molecule has 0 heterocycles. The second-order valence-electron chi connectivity index (χ2n) is 2.15. The zero-order valence-electron chi connectivity index (χ0n) is 6.39. The normalized spacial score (nSPS) is 12.4. The zero-order chi connectivity index (χ0) is 8.91. The highest BCUT2D eigenvalue weighted by atomic mass is 32.2. The Morgan fingerprint density at radius 2 is 2.00 bits per heavy atom. The summed E-state index contributed by atoms with van der Waals surface area (Å²) in [6.45, 7) is 2.39. The van der Waals surface area contributed by atoms with Gasteiger partial charge in [0.1, 0.15) is 5.88 Å². The van der Waals surface area contributed by atoms with E-state index in [2.05, 4.69) is 0 Å². The first-order valence-corrected chi connectivity index (χ1v) is 4.89. The number of aliphatic hydroxyl groups is 1. The minimum absolute atomic E-state index is 0.108. The highest BCUT2D eigenvalue weighted by molar-refractivity contribution is 7.85. The summed E-state index contributed by atoms with van der Waals surface area (Å²) >= 11 is 0. The lowest BCUT2D eigenvalue weighted by atomic mass is 10.5.